The number of nitrogens with zero attached hydrogens (tertiary/aromatic N) is 4. The zero-order chi connectivity index (χ0) is 20.5. The lowest BCUT2D eigenvalue weighted by atomic mass is 10.2. The van der Waals surface area contributed by atoms with E-state index in [1.807, 2.05) is 20.8 Å². The minimum atomic E-state index is -0.137. The zero-order valence-corrected chi connectivity index (χ0v) is 16.8. The van der Waals surface area contributed by atoms with Crippen LogP contribution in [-0.4, -0.2) is 79.1 Å². The van der Waals surface area contributed by atoms with Gasteiger partial charge >= 0.3 is 6.03 Å². The van der Waals surface area contributed by atoms with Crippen LogP contribution in [0, 0.1) is 11.3 Å². The highest BCUT2D eigenvalue weighted by Crippen LogP contribution is 2.28. The van der Waals surface area contributed by atoms with Crippen molar-refractivity contribution in [1.29, 1.82) is 5.26 Å². The fourth-order valence-corrected chi connectivity index (χ4v) is 3.04. The molecule has 8 heteroatoms. The Bertz CT molecular complexity index is 719. The van der Waals surface area contributed by atoms with Gasteiger partial charge in [-0.15, -0.1) is 0 Å². The van der Waals surface area contributed by atoms with Gasteiger partial charge in [-0.25, -0.2) is 4.79 Å². The Morgan fingerprint density at radius 3 is 2.25 bits per heavy atom. The number of ether oxygens (including phenoxy) is 2. The number of nitriles is 1. The Kier molecular flexibility index (Phi) is 7.93. The maximum atomic E-state index is 12.5. The predicted molar refractivity (Wildman–Crippen MR) is 104 cm³/mol. The summed E-state index contributed by atoms with van der Waals surface area (Å²) in [5.74, 6) is 0.746. The molecule has 1 aliphatic heterocycles. The number of carbonyl (C=O) groups excluding carboxylic acids is 2. The first kappa shape index (κ1) is 21.4. The number of hydrogen-bond donors (Lipinski definition) is 0. The summed E-state index contributed by atoms with van der Waals surface area (Å²) in [6, 6.07) is 6.93. The maximum Gasteiger partial charge on any atom is 0.320 e. The second-order valence-corrected chi connectivity index (χ2v) is 6.32. The molecule has 1 aromatic carbocycles. The molecule has 8 nitrogen and oxygen atoms in total. The monoisotopic (exact) mass is 388 g/mol. The number of rotatable bonds is 7. The van der Waals surface area contributed by atoms with E-state index in [2.05, 4.69) is 6.07 Å². The van der Waals surface area contributed by atoms with Gasteiger partial charge in [0.25, 0.3) is 5.91 Å². The van der Waals surface area contributed by atoms with Gasteiger partial charge < -0.3 is 24.2 Å². The van der Waals surface area contributed by atoms with Gasteiger partial charge in [0, 0.05) is 45.3 Å². The lowest BCUT2D eigenvalue weighted by Crippen LogP contribution is -2.54. The maximum absolute atomic E-state index is 12.5. The van der Waals surface area contributed by atoms with Crippen molar-refractivity contribution in [3.8, 4) is 17.6 Å². The Labute approximate surface area is 166 Å². The molecular weight excluding hydrogens is 360 g/mol. The fraction of sp³-hybridized carbons (Fsp3) is 0.550. The average Bonchev–Trinajstić information content (AvgIpc) is 2.73. The van der Waals surface area contributed by atoms with Crippen molar-refractivity contribution in [3.63, 3.8) is 0 Å². The van der Waals surface area contributed by atoms with Crippen LogP contribution in [-0.2, 0) is 4.79 Å². The summed E-state index contributed by atoms with van der Waals surface area (Å²) in [5, 5.41) is 9.00. The van der Waals surface area contributed by atoms with Crippen LogP contribution in [0.3, 0.4) is 0 Å². The number of piperazine rings is 1. The van der Waals surface area contributed by atoms with E-state index in [4.69, 9.17) is 14.7 Å². The third-order valence-corrected chi connectivity index (χ3v) is 4.66. The summed E-state index contributed by atoms with van der Waals surface area (Å²) < 4.78 is 11.1. The summed E-state index contributed by atoms with van der Waals surface area (Å²) in [6.07, 6.45) is 0. The van der Waals surface area contributed by atoms with Gasteiger partial charge in [-0.3, -0.25) is 4.79 Å². The van der Waals surface area contributed by atoms with Crippen LogP contribution in [0.25, 0.3) is 0 Å². The predicted octanol–water partition coefficient (Wildman–Crippen LogP) is 1.94. The Balaban J connectivity index is 1.88. The summed E-state index contributed by atoms with van der Waals surface area (Å²) in [4.78, 5) is 30.1. The molecular formula is C20H28N4O4. The molecule has 1 aromatic rings. The highest BCUT2D eigenvalue weighted by atomic mass is 16.5. The molecule has 0 atom stereocenters. The van der Waals surface area contributed by atoms with E-state index in [1.165, 1.54) is 0 Å². The molecule has 0 aromatic heterocycles. The molecule has 2 rings (SSSR count). The highest BCUT2D eigenvalue weighted by molar-refractivity contribution is 5.79. The molecule has 0 radical (unpaired) electrons. The van der Waals surface area contributed by atoms with Crippen molar-refractivity contribution in [1.82, 2.24) is 14.7 Å². The lowest BCUT2D eigenvalue weighted by Gasteiger charge is -2.37. The number of amides is 3. The van der Waals surface area contributed by atoms with Crippen LogP contribution in [0.4, 0.5) is 4.79 Å². The minimum Gasteiger partial charge on any atom is -0.490 e. The first-order chi connectivity index (χ1) is 13.5. The summed E-state index contributed by atoms with van der Waals surface area (Å²) in [7, 11) is 0. The molecule has 3 amide bonds. The molecule has 0 aliphatic carbocycles. The van der Waals surface area contributed by atoms with Crippen LogP contribution in [0.2, 0.25) is 0 Å². The third kappa shape index (κ3) is 5.28. The van der Waals surface area contributed by atoms with Crippen LogP contribution in [0.5, 0.6) is 11.5 Å². The van der Waals surface area contributed by atoms with Crippen LogP contribution in [0.15, 0.2) is 18.2 Å². The first-order valence-corrected chi connectivity index (χ1v) is 9.65. The van der Waals surface area contributed by atoms with Gasteiger partial charge in [0.2, 0.25) is 0 Å². The van der Waals surface area contributed by atoms with Gasteiger partial charge in [-0.1, -0.05) is 0 Å². The highest BCUT2D eigenvalue weighted by Gasteiger charge is 2.26. The van der Waals surface area contributed by atoms with E-state index in [0.717, 1.165) is 0 Å². The first-order valence-electron chi connectivity index (χ1n) is 9.65. The Hall–Kier alpha value is -2.95. The van der Waals surface area contributed by atoms with Gasteiger partial charge in [-0.05, 0) is 32.9 Å². The topological polar surface area (TPSA) is 86.1 Å². The van der Waals surface area contributed by atoms with Gasteiger partial charge in [0.05, 0.1) is 18.2 Å². The third-order valence-electron chi connectivity index (χ3n) is 4.66. The molecule has 152 valence electrons. The smallest absolute Gasteiger partial charge is 0.320 e. The van der Waals surface area contributed by atoms with Crippen molar-refractivity contribution in [2.24, 2.45) is 0 Å². The quantitative estimate of drug-likeness (QED) is 0.713. The van der Waals surface area contributed by atoms with Crippen LogP contribution in [0.1, 0.15) is 26.3 Å². The second kappa shape index (κ2) is 10.4. The van der Waals surface area contributed by atoms with E-state index in [1.54, 1.807) is 32.9 Å². The standard InChI is InChI=1S/C20H28N4O4/c1-4-22(5-2)20(26)24-11-9-23(10-12-24)19(25)15-28-17-8-7-16(14-21)13-18(17)27-6-3/h7-8,13H,4-6,9-12,15H2,1-3H3. The fourth-order valence-electron chi connectivity index (χ4n) is 3.04. The number of benzene rings is 1. The summed E-state index contributed by atoms with van der Waals surface area (Å²) >= 11 is 0. The van der Waals surface area contributed by atoms with E-state index in [9.17, 15) is 9.59 Å². The zero-order valence-electron chi connectivity index (χ0n) is 16.8. The van der Waals surface area contributed by atoms with Crippen molar-refractivity contribution < 1.29 is 19.1 Å². The van der Waals surface area contributed by atoms with Crippen molar-refractivity contribution in [3.05, 3.63) is 23.8 Å². The van der Waals surface area contributed by atoms with Crippen LogP contribution < -0.4 is 9.47 Å². The molecule has 1 aliphatic rings. The largest absolute Gasteiger partial charge is 0.490 e. The molecule has 0 N–H and O–H groups in total. The summed E-state index contributed by atoms with van der Waals surface area (Å²) in [5.41, 5.74) is 0.469. The van der Waals surface area contributed by atoms with Gasteiger partial charge in [0.15, 0.2) is 18.1 Å². The summed E-state index contributed by atoms with van der Waals surface area (Å²) in [6.45, 7) is 9.43. The van der Waals surface area contributed by atoms with Gasteiger partial charge in [0.1, 0.15) is 0 Å². The SMILES string of the molecule is CCOc1cc(C#N)ccc1OCC(=O)N1CCN(C(=O)N(CC)CC)CC1. The molecule has 0 bridgehead atoms. The van der Waals surface area contributed by atoms with Crippen molar-refractivity contribution in [2.45, 2.75) is 20.8 Å². The van der Waals surface area contributed by atoms with E-state index >= 15 is 0 Å². The molecule has 1 fully saturated rings. The second-order valence-electron chi connectivity index (χ2n) is 6.32. The minimum absolute atomic E-state index is 0.0206. The van der Waals surface area contributed by atoms with Crippen molar-refractivity contribution >= 4 is 11.9 Å². The van der Waals surface area contributed by atoms with E-state index < -0.39 is 0 Å². The molecule has 28 heavy (non-hydrogen) atoms. The van der Waals surface area contributed by atoms with Crippen LogP contribution >= 0.6 is 0 Å². The normalized spacial score (nSPS) is 13.6. The van der Waals surface area contributed by atoms with E-state index in [-0.39, 0.29) is 18.5 Å². The molecule has 0 unspecified atom stereocenters. The molecule has 1 heterocycles. The van der Waals surface area contributed by atoms with Gasteiger partial charge in [-0.2, -0.15) is 5.26 Å². The number of carbonyl (C=O) groups is 2. The Morgan fingerprint density at radius 2 is 1.68 bits per heavy atom. The van der Waals surface area contributed by atoms with Crippen molar-refractivity contribution in [2.75, 3.05) is 52.5 Å². The molecule has 1 saturated heterocycles. The number of hydrogen-bond acceptors (Lipinski definition) is 5. The van der Waals surface area contributed by atoms with E-state index in [0.29, 0.717) is 62.9 Å². The number of urea groups is 1. The molecule has 0 saturated carbocycles. The average molecular weight is 388 g/mol. The lowest BCUT2D eigenvalue weighted by molar-refractivity contribution is -0.134. The Morgan fingerprint density at radius 1 is 1.04 bits per heavy atom. The molecule has 0 spiro atoms.